The molecule has 6 rings (SSSR count). The average molecular weight is 547 g/mol. The molecule has 0 aliphatic heterocycles. The Morgan fingerprint density at radius 2 is 1.76 bits per heavy atom. The van der Waals surface area contributed by atoms with Crippen molar-refractivity contribution in [2.24, 2.45) is 0 Å². The third-order valence-corrected chi connectivity index (χ3v) is 10.2. The maximum Gasteiger partial charge on any atom is 0.264 e. The van der Waals surface area contributed by atoms with Gasteiger partial charge in [0.25, 0.3) is 10.0 Å². The predicted octanol–water partition coefficient (Wildman–Crippen LogP) is 5.44. The Morgan fingerprint density at radius 1 is 1.05 bits per heavy atom. The zero-order valence-corrected chi connectivity index (χ0v) is 23.3. The van der Waals surface area contributed by atoms with Gasteiger partial charge in [-0.25, -0.2) is 23.1 Å². The molecule has 1 saturated carbocycles. The second-order valence-electron chi connectivity index (χ2n) is 10.6. The number of nitrogens with zero attached hydrogens (tertiary/aromatic N) is 3. The molecule has 1 fully saturated rings. The lowest BCUT2D eigenvalue weighted by Crippen LogP contribution is -2.44. The molecule has 2 aliphatic rings. The summed E-state index contributed by atoms with van der Waals surface area (Å²) in [6, 6.07) is 12.6. The number of hydrogen-bond acceptors (Lipinski definition) is 6. The number of amides is 1. The van der Waals surface area contributed by atoms with E-state index < -0.39 is 21.3 Å². The second kappa shape index (κ2) is 9.17. The molecule has 1 amide bonds. The summed E-state index contributed by atoms with van der Waals surface area (Å²) >= 11 is 1.57. The fraction of sp³-hybridized carbons (Fsp3) is 0.345. The van der Waals surface area contributed by atoms with Crippen molar-refractivity contribution in [1.82, 2.24) is 19.3 Å². The number of aryl methyl sites for hydroxylation is 3. The quantitative estimate of drug-likeness (QED) is 0.312. The molecule has 0 atom stereocenters. The summed E-state index contributed by atoms with van der Waals surface area (Å²) in [5, 5.41) is 0. The van der Waals surface area contributed by atoms with Crippen LogP contribution in [0.25, 0.3) is 11.2 Å². The Morgan fingerprint density at radius 3 is 2.45 bits per heavy atom. The number of nitrogens with one attached hydrogen (secondary N) is 1. The number of carbonyl (C=O) groups is 1. The van der Waals surface area contributed by atoms with Crippen molar-refractivity contribution in [2.75, 3.05) is 0 Å². The minimum Gasteiger partial charge on any atom is -0.307 e. The Bertz CT molecular complexity index is 1690. The van der Waals surface area contributed by atoms with Crippen LogP contribution in [0.1, 0.15) is 64.0 Å². The Balaban J connectivity index is 1.31. The van der Waals surface area contributed by atoms with E-state index in [1.807, 2.05) is 38.1 Å². The summed E-state index contributed by atoms with van der Waals surface area (Å²) in [5.41, 5.74) is 3.96. The molecule has 1 aromatic carbocycles. The molecule has 3 heterocycles. The maximum absolute atomic E-state index is 13.6. The van der Waals surface area contributed by atoms with Crippen LogP contribution in [-0.2, 0) is 26.8 Å². The molecule has 0 unspecified atom stereocenters. The number of pyridine rings is 1. The first-order valence-electron chi connectivity index (χ1n) is 12.9. The summed E-state index contributed by atoms with van der Waals surface area (Å²) in [6.07, 6.45) is 7.12. The summed E-state index contributed by atoms with van der Waals surface area (Å²) in [5.74, 6) is 1.05. The molecule has 0 spiro atoms. The van der Waals surface area contributed by atoms with E-state index in [9.17, 15) is 13.2 Å². The van der Waals surface area contributed by atoms with Crippen molar-refractivity contribution >= 4 is 38.4 Å². The first-order valence-corrected chi connectivity index (χ1v) is 15.2. The topological polar surface area (TPSA) is 94.0 Å². The van der Waals surface area contributed by atoms with Gasteiger partial charge in [-0.15, -0.1) is 11.3 Å². The van der Waals surface area contributed by atoms with Gasteiger partial charge in [0.1, 0.15) is 11.3 Å². The number of benzene rings is 1. The second-order valence-corrected chi connectivity index (χ2v) is 13.4. The SMILES string of the molecule is Cc1ccc(S(=O)(=O)NC(=O)C2(c3ccc(Cn4c(C5CC5)nc5c(C)cc(C)nc54)s3)CC=CC2)cc1. The largest absolute Gasteiger partial charge is 0.307 e. The number of rotatable bonds is 7. The van der Waals surface area contributed by atoms with Crippen molar-refractivity contribution in [3.05, 3.63) is 87.0 Å². The molecular formula is C29H30N4O3S2. The number of aromatic nitrogens is 3. The van der Waals surface area contributed by atoms with Crippen molar-refractivity contribution in [2.45, 2.75) is 69.2 Å². The molecule has 0 saturated heterocycles. The van der Waals surface area contributed by atoms with E-state index in [2.05, 4.69) is 22.3 Å². The van der Waals surface area contributed by atoms with Crippen LogP contribution in [0.5, 0.6) is 0 Å². The van der Waals surface area contributed by atoms with E-state index in [0.29, 0.717) is 25.3 Å². The lowest BCUT2D eigenvalue weighted by atomic mass is 9.83. The number of sulfonamides is 1. The first-order chi connectivity index (χ1) is 18.2. The molecular weight excluding hydrogens is 516 g/mol. The average Bonchev–Trinajstić information content (AvgIpc) is 3.25. The number of allylic oxidation sites excluding steroid dienone is 2. The van der Waals surface area contributed by atoms with Crippen LogP contribution in [0.15, 0.2) is 59.5 Å². The highest BCUT2D eigenvalue weighted by atomic mass is 32.2. The summed E-state index contributed by atoms with van der Waals surface area (Å²) < 4.78 is 30.6. The molecule has 7 nitrogen and oxygen atoms in total. The molecule has 3 aromatic heterocycles. The molecule has 1 N–H and O–H groups in total. The van der Waals surface area contributed by atoms with E-state index in [-0.39, 0.29) is 4.90 Å². The predicted molar refractivity (Wildman–Crippen MR) is 149 cm³/mol. The van der Waals surface area contributed by atoms with Gasteiger partial charge in [-0.3, -0.25) is 4.79 Å². The normalized spacial score (nSPS) is 16.8. The van der Waals surface area contributed by atoms with Crippen molar-refractivity contribution in [3.63, 3.8) is 0 Å². The number of imidazole rings is 1. The van der Waals surface area contributed by atoms with Gasteiger partial charge < -0.3 is 4.57 Å². The van der Waals surface area contributed by atoms with Crippen LogP contribution in [-0.4, -0.2) is 28.9 Å². The van der Waals surface area contributed by atoms with Gasteiger partial charge in [0, 0.05) is 21.4 Å². The fourth-order valence-corrected chi connectivity index (χ4v) is 7.51. The highest BCUT2D eigenvalue weighted by molar-refractivity contribution is 7.90. The van der Waals surface area contributed by atoms with Gasteiger partial charge >= 0.3 is 0 Å². The zero-order chi connectivity index (χ0) is 26.7. The van der Waals surface area contributed by atoms with Gasteiger partial charge in [0.05, 0.1) is 16.9 Å². The van der Waals surface area contributed by atoms with Crippen molar-refractivity contribution in [3.8, 4) is 0 Å². The highest BCUT2D eigenvalue weighted by Crippen LogP contribution is 2.43. The van der Waals surface area contributed by atoms with E-state index in [1.54, 1.807) is 23.5 Å². The van der Waals surface area contributed by atoms with E-state index >= 15 is 0 Å². The van der Waals surface area contributed by atoms with E-state index in [4.69, 9.17) is 9.97 Å². The van der Waals surface area contributed by atoms with Crippen molar-refractivity contribution < 1.29 is 13.2 Å². The summed E-state index contributed by atoms with van der Waals surface area (Å²) in [4.78, 5) is 25.4. The number of carbonyl (C=O) groups excluding carboxylic acids is 1. The van der Waals surface area contributed by atoms with Crippen molar-refractivity contribution in [1.29, 1.82) is 0 Å². The Labute approximate surface area is 226 Å². The van der Waals surface area contributed by atoms with Crippen LogP contribution in [0.3, 0.4) is 0 Å². The highest BCUT2D eigenvalue weighted by Gasteiger charge is 2.43. The lowest BCUT2D eigenvalue weighted by molar-refractivity contribution is -0.124. The first kappa shape index (κ1) is 25.0. The Kier molecular flexibility index (Phi) is 6.03. The van der Waals surface area contributed by atoms with Crippen LogP contribution in [0.4, 0.5) is 0 Å². The molecule has 0 bridgehead atoms. The molecule has 2 aliphatic carbocycles. The van der Waals surface area contributed by atoms with Crippen LogP contribution in [0.2, 0.25) is 0 Å². The molecule has 38 heavy (non-hydrogen) atoms. The Hall–Kier alpha value is -3.30. The standard InChI is InChI=1S/C29H30N4O3S2/c1-18-6-11-23(12-7-18)38(35,36)32-28(34)29(14-4-5-15-29)24-13-10-22(37-24)17-33-26(21-8-9-21)31-25-19(2)16-20(3)30-27(25)33/h4-7,10-13,16,21H,8-9,14-15,17H2,1-3H3,(H,32,34). The van der Waals surface area contributed by atoms with E-state index in [1.165, 1.54) is 12.1 Å². The monoisotopic (exact) mass is 546 g/mol. The third kappa shape index (κ3) is 4.37. The lowest BCUT2D eigenvalue weighted by Gasteiger charge is -2.26. The fourth-order valence-electron chi connectivity index (χ4n) is 5.25. The third-order valence-electron chi connectivity index (χ3n) is 7.53. The number of thiophene rings is 1. The van der Waals surface area contributed by atoms with Gasteiger partial charge in [-0.05, 0) is 82.3 Å². The molecule has 0 radical (unpaired) electrons. The molecule has 196 valence electrons. The van der Waals surface area contributed by atoms with Gasteiger partial charge in [0.15, 0.2) is 5.65 Å². The summed E-state index contributed by atoms with van der Waals surface area (Å²) in [7, 11) is -3.98. The minimum atomic E-state index is -3.98. The van der Waals surface area contributed by atoms with Gasteiger partial charge in [-0.2, -0.15) is 0 Å². The van der Waals surface area contributed by atoms with Crippen LogP contribution >= 0.6 is 11.3 Å². The number of fused-ring (bicyclic) bond motifs is 1. The van der Waals surface area contributed by atoms with Crippen LogP contribution < -0.4 is 4.72 Å². The smallest absolute Gasteiger partial charge is 0.264 e. The van der Waals surface area contributed by atoms with Gasteiger partial charge in [0.2, 0.25) is 5.91 Å². The van der Waals surface area contributed by atoms with E-state index in [0.717, 1.165) is 56.4 Å². The zero-order valence-electron chi connectivity index (χ0n) is 21.7. The molecule has 4 aromatic rings. The molecule has 9 heteroatoms. The maximum atomic E-state index is 13.6. The van der Waals surface area contributed by atoms with Gasteiger partial charge in [-0.1, -0.05) is 29.8 Å². The number of hydrogen-bond donors (Lipinski definition) is 1. The van der Waals surface area contributed by atoms with Crippen LogP contribution in [0, 0.1) is 20.8 Å². The minimum absolute atomic E-state index is 0.0853. The summed E-state index contributed by atoms with van der Waals surface area (Å²) in [6.45, 7) is 6.59.